The molecule has 1 rings (SSSR count). The van der Waals surface area contributed by atoms with E-state index in [2.05, 4.69) is 17.5 Å². The largest absolute Gasteiger partial charge is 0.330 e. The summed E-state index contributed by atoms with van der Waals surface area (Å²) in [6.45, 7) is 8.76. The van der Waals surface area contributed by atoms with E-state index in [4.69, 9.17) is 5.73 Å². The summed E-state index contributed by atoms with van der Waals surface area (Å²) < 4.78 is 0. The SMILES string of the molecule is CC.CC.NCCc1cccs1. The molecule has 12 heavy (non-hydrogen) atoms. The third-order valence-corrected chi connectivity index (χ3v) is 1.91. The molecule has 0 radical (unpaired) electrons. The molecule has 0 unspecified atom stereocenters. The maximum Gasteiger partial charge on any atom is 0.00577 e. The standard InChI is InChI=1S/C6H9NS.2C2H6/c7-4-3-6-2-1-5-8-6;2*1-2/h1-2,5H,3-4,7H2;2*1-2H3. The van der Waals surface area contributed by atoms with E-state index in [1.807, 2.05) is 27.7 Å². The molecule has 0 bridgehead atoms. The van der Waals surface area contributed by atoms with E-state index in [1.54, 1.807) is 11.3 Å². The van der Waals surface area contributed by atoms with Crippen molar-refractivity contribution < 1.29 is 0 Å². The molecule has 2 heteroatoms. The van der Waals surface area contributed by atoms with Gasteiger partial charge in [-0.05, 0) is 24.4 Å². The second-order valence-electron chi connectivity index (χ2n) is 1.62. The van der Waals surface area contributed by atoms with Crippen LogP contribution in [0.4, 0.5) is 0 Å². The van der Waals surface area contributed by atoms with Crippen molar-refractivity contribution >= 4 is 11.3 Å². The zero-order valence-electron chi connectivity index (χ0n) is 8.63. The van der Waals surface area contributed by atoms with Crippen molar-refractivity contribution in [1.29, 1.82) is 0 Å². The van der Waals surface area contributed by atoms with E-state index >= 15 is 0 Å². The van der Waals surface area contributed by atoms with Gasteiger partial charge in [-0.3, -0.25) is 0 Å². The van der Waals surface area contributed by atoms with Gasteiger partial charge in [0, 0.05) is 4.88 Å². The van der Waals surface area contributed by atoms with Gasteiger partial charge in [-0.2, -0.15) is 0 Å². The zero-order chi connectivity index (χ0) is 9.82. The van der Waals surface area contributed by atoms with E-state index in [0.29, 0.717) is 0 Å². The van der Waals surface area contributed by atoms with Crippen LogP contribution in [0.5, 0.6) is 0 Å². The third-order valence-electron chi connectivity index (χ3n) is 0.971. The first-order chi connectivity index (χ1) is 5.93. The van der Waals surface area contributed by atoms with Crippen molar-refractivity contribution in [1.82, 2.24) is 0 Å². The molecule has 0 aliphatic carbocycles. The van der Waals surface area contributed by atoms with Crippen molar-refractivity contribution in [3.05, 3.63) is 22.4 Å². The van der Waals surface area contributed by atoms with Crippen molar-refractivity contribution in [2.75, 3.05) is 6.54 Å². The van der Waals surface area contributed by atoms with E-state index in [1.165, 1.54) is 4.88 Å². The Morgan fingerprint density at radius 3 is 2.17 bits per heavy atom. The van der Waals surface area contributed by atoms with Gasteiger partial charge in [-0.1, -0.05) is 33.8 Å². The predicted molar refractivity (Wildman–Crippen MR) is 59.8 cm³/mol. The highest BCUT2D eigenvalue weighted by atomic mass is 32.1. The smallest absolute Gasteiger partial charge is 0.00577 e. The van der Waals surface area contributed by atoms with Crippen LogP contribution in [-0.2, 0) is 6.42 Å². The fourth-order valence-electron chi connectivity index (χ4n) is 0.597. The predicted octanol–water partition coefficient (Wildman–Crippen LogP) is 3.30. The molecule has 0 saturated heterocycles. The Kier molecular flexibility index (Phi) is 15.7. The van der Waals surface area contributed by atoms with Crippen LogP contribution < -0.4 is 5.73 Å². The molecule has 2 N–H and O–H groups in total. The average molecular weight is 187 g/mol. The molecule has 0 aliphatic rings. The molecule has 0 aliphatic heterocycles. The van der Waals surface area contributed by atoms with Gasteiger partial charge in [0.25, 0.3) is 0 Å². The van der Waals surface area contributed by atoms with Gasteiger partial charge in [-0.15, -0.1) is 11.3 Å². The fraction of sp³-hybridized carbons (Fsp3) is 0.600. The second-order valence-corrected chi connectivity index (χ2v) is 2.65. The van der Waals surface area contributed by atoms with Crippen LogP contribution in [-0.4, -0.2) is 6.54 Å². The highest BCUT2D eigenvalue weighted by Gasteiger charge is 1.87. The van der Waals surface area contributed by atoms with Gasteiger partial charge in [0.2, 0.25) is 0 Å². The lowest BCUT2D eigenvalue weighted by molar-refractivity contribution is 0.989. The van der Waals surface area contributed by atoms with Crippen LogP contribution >= 0.6 is 11.3 Å². The summed E-state index contributed by atoms with van der Waals surface area (Å²) in [5, 5.41) is 2.07. The van der Waals surface area contributed by atoms with Gasteiger partial charge < -0.3 is 5.73 Å². The molecule has 72 valence electrons. The Bertz CT molecular complexity index is 136. The Hall–Kier alpha value is -0.340. The van der Waals surface area contributed by atoms with Crippen molar-refractivity contribution in [2.24, 2.45) is 5.73 Å². The minimum Gasteiger partial charge on any atom is -0.330 e. The molecule has 1 heterocycles. The molecular formula is C10H21NS. The van der Waals surface area contributed by atoms with Crippen LogP contribution in [0.1, 0.15) is 32.6 Å². The molecule has 0 saturated carbocycles. The molecule has 1 aromatic heterocycles. The lowest BCUT2D eigenvalue weighted by atomic mass is 10.3. The molecule has 0 fully saturated rings. The topological polar surface area (TPSA) is 26.0 Å². The Morgan fingerprint density at radius 2 is 1.83 bits per heavy atom. The van der Waals surface area contributed by atoms with Gasteiger partial charge in [0.15, 0.2) is 0 Å². The molecule has 0 aromatic carbocycles. The number of hydrogen-bond donors (Lipinski definition) is 1. The van der Waals surface area contributed by atoms with Crippen molar-refractivity contribution in [2.45, 2.75) is 34.1 Å². The summed E-state index contributed by atoms with van der Waals surface area (Å²) >= 11 is 1.77. The molecule has 1 nitrogen and oxygen atoms in total. The van der Waals surface area contributed by atoms with Crippen molar-refractivity contribution in [3.8, 4) is 0 Å². The van der Waals surface area contributed by atoms with Crippen molar-refractivity contribution in [3.63, 3.8) is 0 Å². The highest BCUT2D eigenvalue weighted by Crippen LogP contribution is 2.07. The number of nitrogens with two attached hydrogens (primary N) is 1. The second kappa shape index (κ2) is 13.3. The summed E-state index contributed by atoms with van der Waals surface area (Å²) in [6.07, 6.45) is 1.03. The minimum atomic E-state index is 0.764. The number of thiophene rings is 1. The lowest BCUT2D eigenvalue weighted by Gasteiger charge is -1.86. The molecule has 0 atom stereocenters. The maximum atomic E-state index is 5.33. The number of hydrogen-bond acceptors (Lipinski definition) is 2. The van der Waals surface area contributed by atoms with E-state index in [9.17, 15) is 0 Å². The summed E-state index contributed by atoms with van der Waals surface area (Å²) in [7, 11) is 0. The van der Waals surface area contributed by atoms with E-state index in [-0.39, 0.29) is 0 Å². The molecule has 0 amide bonds. The summed E-state index contributed by atoms with van der Waals surface area (Å²) in [4.78, 5) is 1.38. The van der Waals surface area contributed by atoms with Crippen LogP contribution in [0.15, 0.2) is 17.5 Å². The first kappa shape index (κ1) is 14.2. The van der Waals surface area contributed by atoms with Gasteiger partial charge in [-0.25, -0.2) is 0 Å². The summed E-state index contributed by atoms with van der Waals surface area (Å²) in [5.41, 5.74) is 5.33. The first-order valence-electron chi connectivity index (χ1n) is 4.66. The van der Waals surface area contributed by atoms with Crippen LogP contribution in [0, 0.1) is 0 Å². The zero-order valence-corrected chi connectivity index (χ0v) is 9.45. The quantitative estimate of drug-likeness (QED) is 0.755. The molecule has 1 aromatic rings. The van der Waals surface area contributed by atoms with Gasteiger partial charge in [0.1, 0.15) is 0 Å². The van der Waals surface area contributed by atoms with Crippen LogP contribution in [0.25, 0.3) is 0 Å². The van der Waals surface area contributed by atoms with Crippen LogP contribution in [0.3, 0.4) is 0 Å². The third kappa shape index (κ3) is 7.76. The normalized spacial score (nSPS) is 7.42. The summed E-state index contributed by atoms with van der Waals surface area (Å²) in [6, 6.07) is 4.16. The fourth-order valence-corrected chi connectivity index (χ4v) is 1.32. The monoisotopic (exact) mass is 187 g/mol. The van der Waals surface area contributed by atoms with Crippen LogP contribution in [0.2, 0.25) is 0 Å². The highest BCUT2D eigenvalue weighted by molar-refractivity contribution is 7.09. The van der Waals surface area contributed by atoms with E-state index in [0.717, 1.165) is 13.0 Å². The minimum absolute atomic E-state index is 0.764. The summed E-state index contributed by atoms with van der Waals surface area (Å²) in [5.74, 6) is 0. The Morgan fingerprint density at radius 1 is 1.25 bits per heavy atom. The van der Waals surface area contributed by atoms with Gasteiger partial charge in [0.05, 0.1) is 0 Å². The number of rotatable bonds is 2. The first-order valence-corrected chi connectivity index (χ1v) is 5.54. The maximum absolute atomic E-state index is 5.33. The van der Waals surface area contributed by atoms with E-state index < -0.39 is 0 Å². The van der Waals surface area contributed by atoms with Gasteiger partial charge >= 0.3 is 0 Å². The Labute approximate surface area is 80.6 Å². The lowest BCUT2D eigenvalue weighted by Crippen LogP contribution is -2.00. The molecule has 0 spiro atoms. The average Bonchev–Trinajstić information content (AvgIpc) is 2.65. The Balaban J connectivity index is 0. The molecular weight excluding hydrogens is 166 g/mol.